The Morgan fingerprint density at radius 3 is 2.18 bits per heavy atom. The smallest absolute Gasteiger partial charge is 0.251 e. The third-order valence-corrected chi connectivity index (χ3v) is 5.77. The van der Waals surface area contributed by atoms with Gasteiger partial charge in [0, 0.05) is 36.9 Å². The van der Waals surface area contributed by atoms with Gasteiger partial charge in [0.2, 0.25) is 5.91 Å². The second-order valence-electron chi connectivity index (χ2n) is 6.89. The SMILES string of the molecule is O=C1C[C@H](N2CCN(c3ccc(Cl)cc3)CC2)C(=O)N1c1ccc(F)c(Cl)c1. The molecular formula is C20H18Cl2FN3O2. The molecule has 8 heteroatoms. The maximum absolute atomic E-state index is 13.4. The lowest BCUT2D eigenvalue weighted by atomic mass is 10.1. The molecule has 0 spiro atoms. The van der Waals surface area contributed by atoms with Crippen LogP contribution in [0.4, 0.5) is 15.8 Å². The van der Waals surface area contributed by atoms with Gasteiger partial charge >= 0.3 is 0 Å². The maximum Gasteiger partial charge on any atom is 0.251 e. The van der Waals surface area contributed by atoms with Crippen molar-refractivity contribution >= 4 is 46.4 Å². The van der Waals surface area contributed by atoms with Gasteiger partial charge in [0.05, 0.1) is 23.2 Å². The van der Waals surface area contributed by atoms with E-state index in [0.29, 0.717) is 23.8 Å². The highest BCUT2D eigenvalue weighted by molar-refractivity contribution is 6.31. The monoisotopic (exact) mass is 421 g/mol. The zero-order valence-corrected chi connectivity index (χ0v) is 16.5. The summed E-state index contributed by atoms with van der Waals surface area (Å²) in [6, 6.07) is 11.0. The predicted molar refractivity (Wildman–Crippen MR) is 108 cm³/mol. The number of hydrogen-bond donors (Lipinski definition) is 0. The lowest BCUT2D eigenvalue weighted by molar-refractivity contribution is -0.123. The van der Waals surface area contributed by atoms with Crippen molar-refractivity contribution in [3.63, 3.8) is 0 Å². The first-order chi connectivity index (χ1) is 13.4. The molecule has 1 atom stereocenters. The number of imide groups is 1. The van der Waals surface area contributed by atoms with Crippen LogP contribution in [0.5, 0.6) is 0 Å². The van der Waals surface area contributed by atoms with Crippen molar-refractivity contribution in [3.05, 3.63) is 58.3 Å². The van der Waals surface area contributed by atoms with Gasteiger partial charge in [-0.15, -0.1) is 0 Å². The van der Waals surface area contributed by atoms with Crippen molar-refractivity contribution in [2.45, 2.75) is 12.5 Å². The number of piperazine rings is 1. The standard InChI is InChI=1S/C20H18Cl2FN3O2/c21-13-1-3-14(4-2-13)24-7-9-25(10-8-24)18-12-19(27)26(20(18)28)15-5-6-17(23)16(22)11-15/h1-6,11,18H,7-10,12H2/t18-/m0/s1. The highest BCUT2D eigenvalue weighted by Crippen LogP contribution is 2.30. The number of carbonyl (C=O) groups excluding carboxylic acids is 2. The summed E-state index contributed by atoms with van der Waals surface area (Å²) < 4.78 is 13.4. The van der Waals surface area contributed by atoms with Crippen molar-refractivity contribution < 1.29 is 14.0 Å². The summed E-state index contributed by atoms with van der Waals surface area (Å²) in [5, 5.41) is 0.580. The highest BCUT2D eigenvalue weighted by Gasteiger charge is 2.43. The number of benzene rings is 2. The van der Waals surface area contributed by atoms with Crippen LogP contribution in [0.2, 0.25) is 10.0 Å². The number of rotatable bonds is 3. The van der Waals surface area contributed by atoms with Gasteiger partial charge in [-0.25, -0.2) is 9.29 Å². The van der Waals surface area contributed by atoms with Crippen LogP contribution in [0.25, 0.3) is 0 Å². The van der Waals surface area contributed by atoms with Crippen molar-refractivity contribution in [2.24, 2.45) is 0 Å². The van der Waals surface area contributed by atoms with Crippen LogP contribution >= 0.6 is 23.2 Å². The number of carbonyl (C=O) groups is 2. The summed E-state index contributed by atoms with van der Waals surface area (Å²) in [5.41, 5.74) is 1.39. The Hall–Kier alpha value is -2.15. The summed E-state index contributed by atoms with van der Waals surface area (Å²) in [6.07, 6.45) is 0.120. The van der Waals surface area contributed by atoms with E-state index in [-0.39, 0.29) is 23.3 Å². The minimum atomic E-state index is -0.584. The first kappa shape index (κ1) is 19.2. The van der Waals surface area contributed by atoms with E-state index in [0.717, 1.165) is 29.7 Å². The molecule has 0 N–H and O–H groups in total. The Balaban J connectivity index is 1.44. The quantitative estimate of drug-likeness (QED) is 0.710. The third-order valence-electron chi connectivity index (χ3n) is 5.23. The van der Waals surface area contributed by atoms with Crippen LogP contribution in [0, 0.1) is 5.82 Å². The molecule has 2 heterocycles. The molecule has 2 fully saturated rings. The molecule has 0 aliphatic carbocycles. The van der Waals surface area contributed by atoms with Crippen molar-refractivity contribution in [1.82, 2.24) is 4.90 Å². The Bertz CT molecular complexity index is 914. The van der Waals surface area contributed by atoms with E-state index < -0.39 is 11.9 Å². The van der Waals surface area contributed by atoms with E-state index in [1.54, 1.807) is 0 Å². The maximum atomic E-state index is 13.4. The summed E-state index contributed by atoms with van der Waals surface area (Å²) in [4.78, 5) is 30.7. The molecule has 2 amide bonds. The van der Waals surface area contributed by atoms with Crippen molar-refractivity contribution in [2.75, 3.05) is 36.0 Å². The molecule has 0 unspecified atom stereocenters. The molecule has 0 aromatic heterocycles. The Morgan fingerprint density at radius 2 is 1.54 bits per heavy atom. The van der Waals surface area contributed by atoms with Crippen LogP contribution in [-0.2, 0) is 9.59 Å². The van der Waals surface area contributed by atoms with E-state index in [9.17, 15) is 14.0 Å². The molecule has 2 aromatic rings. The van der Waals surface area contributed by atoms with Crippen LogP contribution < -0.4 is 9.80 Å². The summed E-state index contributed by atoms with van der Waals surface area (Å²) in [6.45, 7) is 2.85. The van der Waals surface area contributed by atoms with E-state index >= 15 is 0 Å². The summed E-state index contributed by atoms with van der Waals surface area (Å²) >= 11 is 11.8. The Kier molecular flexibility index (Phi) is 5.27. The summed E-state index contributed by atoms with van der Waals surface area (Å²) in [5.74, 6) is -1.16. The number of nitrogens with zero attached hydrogens (tertiary/aromatic N) is 3. The third kappa shape index (κ3) is 3.60. The van der Waals surface area contributed by atoms with Crippen LogP contribution in [0.1, 0.15) is 6.42 Å². The molecule has 2 aliphatic rings. The van der Waals surface area contributed by atoms with Gasteiger partial charge in [0.15, 0.2) is 0 Å². The van der Waals surface area contributed by atoms with E-state index in [4.69, 9.17) is 23.2 Å². The first-order valence-corrected chi connectivity index (χ1v) is 9.76. The van der Waals surface area contributed by atoms with Crippen molar-refractivity contribution in [3.8, 4) is 0 Å². The second kappa shape index (κ2) is 7.70. The fourth-order valence-electron chi connectivity index (χ4n) is 3.74. The van der Waals surface area contributed by atoms with Gasteiger partial charge in [-0.2, -0.15) is 0 Å². The van der Waals surface area contributed by atoms with E-state index in [1.807, 2.05) is 29.2 Å². The number of anilines is 2. The predicted octanol–water partition coefficient (Wildman–Crippen LogP) is 3.59. The fourth-order valence-corrected chi connectivity index (χ4v) is 4.04. The Labute approximate surface area is 172 Å². The fraction of sp³-hybridized carbons (Fsp3) is 0.300. The average Bonchev–Trinajstić information content (AvgIpc) is 2.99. The average molecular weight is 422 g/mol. The molecule has 28 heavy (non-hydrogen) atoms. The minimum absolute atomic E-state index is 0.113. The summed E-state index contributed by atoms with van der Waals surface area (Å²) in [7, 11) is 0. The molecule has 4 rings (SSSR count). The first-order valence-electron chi connectivity index (χ1n) is 9.00. The van der Waals surface area contributed by atoms with Crippen molar-refractivity contribution in [1.29, 1.82) is 0 Å². The normalized spacial score (nSPS) is 20.9. The zero-order chi connectivity index (χ0) is 19.8. The minimum Gasteiger partial charge on any atom is -0.369 e. The van der Waals surface area contributed by atoms with E-state index in [1.165, 1.54) is 12.1 Å². The number of amides is 2. The van der Waals surface area contributed by atoms with Gasteiger partial charge in [-0.05, 0) is 42.5 Å². The number of hydrogen-bond acceptors (Lipinski definition) is 4. The van der Waals surface area contributed by atoms with Crippen LogP contribution in [0.3, 0.4) is 0 Å². The largest absolute Gasteiger partial charge is 0.369 e. The van der Waals surface area contributed by atoms with Crippen LogP contribution in [0.15, 0.2) is 42.5 Å². The van der Waals surface area contributed by atoms with Gasteiger partial charge in [-0.1, -0.05) is 23.2 Å². The molecule has 2 aliphatic heterocycles. The highest BCUT2D eigenvalue weighted by atomic mass is 35.5. The molecule has 2 aromatic carbocycles. The molecule has 0 radical (unpaired) electrons. The van der Waals surface area contributed by atoms with Gasteiger partial charge in [0.25, 0.3) is 5.91 Å². The Morgan fingerprint density at radius 1 is 0.893 bits per heavy atom. The lowest BCUT2D eigenvalue weighted by Crippen LogP contribution is -2.52. The molecule has 0 saturated carbocycles. The van der Waals surface area contributed by atoms with Gasteiger partial charge in [-0.3, -0.25) is 14.5 Å². The van der Waals surface area contributed by atoms with Gasteiger partial charge in [0.1, 0.15) is 5.82 Å². The van der Waals surface area contributed by atoms with E-state index in [2.05, 4.69) is 4.90 Å². The molecule has 2 saturated heterocycles. The number of halogens is 3. The second-order valence-corrected chi connectivity index (χ2v) is 7.73. The topological polar surface area (TPSA) is 43.9 Å². The zero-order valence-electron chi connectivity index (χ0n) is 14.9. The molecule has 5 nitrogen and oxygen atoms in total. The lowest BCUT2D eigenvalue weighted by Gasteiger charge is -2.38. The van der Waals surface area contributed by atoms with Crippen LogP contribution in [-0.4, -0.2) is 48.9 Å². The molecule has 0 bridgehead atoms. The molecular weight excluding hydrogens is 404 g/mol. The molecule has 146 valence electrons. The van der Waals surface area contributed by atoms with Gasteiger partial charge < -0.3 is 4.90 Å².